The van der Waals surface area contributed by atoms with Crippen LogP contribution in [-0.2, 0) is 4.79 Å². The Hall–Kier alpha value is -1.26. The van der Waals surface area contributed by atoms with E-state index < -0.39 is 6.04 Å². The zero-order valence-electron chi connectivity index (χ0n) is 9.30. The van der Waals surface area contributed by atoms with Crippen LogP contribution in [0.3, 0.4) is 0 Å². The van der Waals surface area contributed by atoms with E-state index in [0.29, 0.717) is 0 Å². The van der Waals surface area contributed by atoms with Crippen molar-refractivity contribution in [3.63, 3.8) is 0 Å². The first-order valence-corrected chi connectivity index (χ1v) is 5.42. The number of nitrogens with one attached hydrogen (secondary N) is 3. The summed E-state index contributed by atoms with van der Waals surface area (Å²) >= 11 is 0. The lowest BCUT2D eigenvalue weighted by Gasteiger charge is -2.16. The summed E-state index contributed by atoms with van der Waals surface area (Å²) in [6.07, 6.45) is 4.44. The predicted octanol–water partition coefficient (Wildman–Crippen LogP) is 0.363. The molecule has 0 aromatic carbocycles. The standard InChI is InChI=1S/C10H19N3O2/c1-7(9(14)11-2)12-10(15)13-8-5-3-4-6-8/h7-8H,3-6H2,1-2H3,(H,11,14)(H2,12,13,15). The number of likely N-dealkylation sites (N-methyl/N-ethyl adjacent to an activating group) is 1. The smallest absolute Gasteiger partial charge is 0.315 e. The molecule has 1 aliphatic rings. The van der Waals surface area contributed by atoms with Gasteiger partial charge >= 0.3 is 6.03 Å². The van der Waals surface area contributed by atoms with Crippen molar-refractivity contribution in [2.24, 2.45) is 0 Å². The molecule has 1 atom stereocenters. The summed E-state index contributed by atoms with van der Waals surface area (Å²) in [5.74, 6) is -0.184. The van der Waals surface area contributed by atoms with Gasteiger partial charge in [0.2, 0.25) is 5.91 Å². The van der Waals surface area contributed by atoms with E-state index in [9.17, 15) is 9.59 Å². The quantitative estimate of drug-likeness (QED) is 0.633. The molecule has 1 aliphatic carbocycles. The molecule has 1 unspecified atom stereocenters. The number of carbonyl (C=O) groups excluding carboxylic acids is 2. The molecule has 3 N–H and O–H groups in total. The third kappa shape index (κ3) is 3.77. The molecule has 5 nitrogen and oxygen atoms in total. The van der Waals surface area contributed by atoms with Gasteiger partial charge in [0.1, 0.15) is 6.04 Å². The molecule has 1 saturated carbocycles. The summed E-state index contributed by atoms with van der Waals surface area (Å²) in [5.41, 5.74) is 0. The minimum atomic E-state index is -0.489. The predicted molar refractivity (Wildman–Crippen MR) is 57.5 cm³/mol. The topological polar surface area (TPSA) is 70.2 Å². The molecule has 1 fully saturated rings. The third-order valence-electron chi connectivity index (χ3n) is 2.68. The SMILES string of the molecule is CNC(=O)C(C)NC(=O)NC1CCCC1. The lowest BCUT2D eigenvalue weighted by atomic mass is 10.2. The molecule has 3 amide bonds. The normalized spacial score (nSPS) is 18.3. The van der Waals surface area contributed by atoms with Crippen LogP contribution in [-0.4, -0.2) is 31.1 Å². The number of carbonyl (C=O) groups is 2. The maximum Gasteiger partial charge on any atom is 0.315 e. The first-order valence-electron chi connectivity index (χ1n) is 5.42. The molecule has 0 spiro atoms. The zero-order valence-corrected chi connectivity index (χ0v) is 9.30. The van der Waals surface area contributed by atoms with Crippen molar-refractivity contribution >= 4 is 11.9 Å². The second-order valence-corrected chi connectivity index (χ2v) is 3.94. The molecule has 15 heavy (non-hydrogen) atoms. The minimum Gasteiger partial charge on any atom is -0.357 e. The van der Waals surface area contributed by atoms with E-state index in [-0.39, 0.29) is 18.0 Å². The highest BCUT2D eigenvalue weighted by Gasteiger charge is 2.19. The second-order valence-electron chi connectivity index (χ2n) is 3.94. The Morgan fingerprint density at radius 3 is 2.40 bits per heavy atom. The van der Waals surface area contributed by atoms with Gasteiger partial charge in [0.05, 0.1) is 0 Å². The number of hydrogen-bond acceptors (Lipinski definition) is 2. The van der Waals surface area contributed by atoms with Gasteiger partial charge in [0, 0.05) is 13.1 Å². The maximum absolute atomic E-state index is 11.4. The highest BCUT2D eigenvalue weighted by atomic mass is 16.2. The molecule has 0 saturated heterocycles. The molecule has 0 radical (unpaired) electrons. The van der Waals surface area contributed by atoms with E-state index in [1.54, 1.807) is 14.0 Å². The summed E-state index contributed by atoms with van der Waals surface area (Å²) in [5, 5.41) is 7.94. The molecule has 0 heterocycles. The summed E-state index contributed by atoms with van der Waals surface area (Å²) in [6, 6.07) is -0.462. The Labute approximate surface area is 90.0 Å². The molecule has 0 aromatic rings. The highest BCUT2D eigenvalue weighted by Crippen LogP contribution is 2.17. The van der Waals surface area contributed by atoms with Gasteiger partial charge in [0.15, 0.2) is 0 Å². The van der Waals surface area contributed by atoms with Crippen molar-refractivity contribution in [2.45, 2.75) is 44.7 Å². The van der Waals surface area contributed by atoms with Crippen LogP contribution >= 0.6 is 0 Å². The first-order chi connectivity index (χ1) is 7.13. The fourth-order valence-corrected chi connectivity index (χ4v) is 1.78. The van der Waals surface area contributed by atoms with E-state index in [1.807, 2.05) is 0 Å². The van der Waals surface area contributed by atoms with Crippen LogP contribution in [0.5, 0.6) is 0 Å². The molecule has 86 valence electrons. The van der Waals surface area contributed by atoms with Crippen molar-refractivity contribution in [3.8, 4) is 0 Å². The van der Waals surface area contributed by atoms with E-state index in [0.717, 1.165) is 12.8 Å². The Kier molecular flexibility index (Phi) is 4.39. The van der Waals surface area contributed by atoms with E-state index in [4.69, 9.17) is 0 Å². The summed E-state index contributed by atoms with van der Waals surface area (Å²) in [7, 11) is 1.55. The molecule has 5 heteroatoms. The average Bonchev–Trinajstić information content (AvgIpc) is 2.68. The molecule has 0 bridgehead atoms. The van der Waals surface area contributed by atoms with Gasteiger partial charge in [-0.05, 0) is 19.8 Å². The number of hydrogen-bond donors (Lipinski definition) is 3. The largest absolute Gasteiger partial charge is 0.357 e. The lowest BCUT2D eigenvalue weighted by molar-refractivity contribution is -0.122. The van der Waals surface area contributed by atoms with Gasteiger partial charge in [-0.3, -0.25) is 4.79 Å². The lowest BCUT2D eigenvalue weighted by Crippen LogP contribution is -2.49. The van der Waals surface area contributed by atoms with Crippen molar-refractivity contribution in [1.82, 2.24) is 16.0 Å². The maximum atomic E-state index is 11.4. The Bertz CT molecular complexity index is 237. The van der Waals surface area contributed by atoms with Gasteiger partial charge in [-0.25, -0.2) is 4.79 Å². The average molecular weight is 213 g/mol. The van der Waals surface area contributed by atoms with Crippen LogP contribution in [0.1, 0.15) is 32.6 Å². The molecular formula is C10H19N3O2. The van der Waals surface area contributed by atoms with Crippen LogP contribution in [0.4, 0.5) is 4.79 Å². The number of rotatable bonds is 3. The Morgan fingerprint density at radius 1 is 1.27 bits per heavy atom. The minimum absolute atomic E-state index is 0.184. The molecular weight excluding hydrogens is 194 g/mol. The van der Waals surface area contributed by atoms with Gasteiger partial charge in [-0.2, -0.15) is 0 Å². The van der Waals surface area contributed by atoms with Crippen LogP contribution in [0, 0.1) is 0 Å². The van der Waals surface area contributed by atoms with Crippen molar-refractivity contribution < 1.29 is 9.59 Å². The van der Waals surface area contributed by atoms with Crippen LogP contribution in [0.2, 0.25) is 0 Å². The van der Waals surface area contributed by atoms with Crippen LogP contribution in [0.25, 0.3) is 0 Å². The second kappa shape index (κ2) is 5.58. The van der Waals surface area contributed by atoms with Crippen molar-refractivity contribution in [3.05, 3.63) is 0 Å². The Balaban J connectivity index is 2.25. The molecule has 0 aromatic heterocycles. The first kappa shape index (κ1) is 11.8. The number of amides is 3. The molecule has 1 rings (SSSR count). The summed E-state index contributed by atoms with van der Waals surface area (Å²) < 4.78 is 0. The highest BCUT2D eigenvalue weighted by molar-refractivity contribution is 5.86. The Morgan fingerprint density at radius 2 is 1.87 bits per heavy atom. The summed E-state index contributed by atoms with van der Waals surface area (Å²) in [6.45, 7) is 1.66. The van der Waals surface area contributed by atoms with Crippen LogP contribution < -0.4 is 16.0 Å². The summed E-state index contributed by atoms with van der Waals surface area (Å²) in [4.78, 5) is 22.6. The van der Waals surface area contributed by atoms with Gasteiger partial charge < -0.3 is 16.0 Å². The van der Waals surface area contributed by atoms with Crippen molar-refractivity contribution in [2.75, 3.05) is 7.05 Å². The third-order valence-corrected chi connectivity index (χ3v) is 2.68. The van der Waals surface area contributed by atoms with E-state index in [1.165, 1.54) is 12.8 Å². The number of urea groups is 1. The zero-order chi connectivity index (χ0) is 11.3. The fraction of sp³-hybridized carbons (Fsp3) is 0.800. The molecule has 0 aliphatic heterocycles. The van der Waals surface area contributed by atoms with Gasteiger partial charge in [-0.15, -0.1) is 0 Å². The van der Waals surface area contributed by atoms with Crippen molar-refractivity contribution in [1.29, 1.82) is 0 Å². The van der Waals surface area contributed by atoms with E-state index in [2.05, 4.69) is 16.0 Å². The van der Waals surface area contributed by atoms with Gasteiger partial charge in [-0.1, -0.05) is 12.8 Å². The fourth-order valence-electron chi connectivity index (χ4n) is 1.78. The van der Waals surface area contributed by atoms with Crippen LogP contribution in [0.15, 0.2) is 0 Å². The van der Waals surface area contributed by atoms with Gasteiger partial charge in [0.25, 0.3) is 0 Å². The monoisotopic (exact) mass is 213 g/mol. The van der Waals surface area contributed by atoms with E-state index >= 15 is 0 Å².